The summed E-state index contributed by atoms with van der Waals surface area (Å²) in [5, 5.41) is 3.52. The summed E-state index contributed by atoms with van der Waals surface area (Å²) in [5.41, 5.74) is 5.71. The van der Waals surface area contributed by atoms with E-state index in [1.54, 1.807) is 24.3 Å². The van der Waals surface area contributed by atoms with Crippen molar-refractivity contribution in [2.24, 2.45) is 0 Å². The van der Waals surface area contributed by atoms with Crippen molar-refractivity contribution in [3.8, 4) is 0 Å². The highest BCUT2D eigenvalue weighted by molar-refractivity contribution is 7.80. The van der Waals surface area contributed by atoms with Crippen molar-refractivity contribution in [3.05, 3.63) is 66.2 Å². The van der Waals surface area contributed by atoms with Crippen LogP contribution in [-0.4, -0.2) is 11.0 Å². The van der Waals surface area contributed by atoms with Crippen molar-refractivity contribution in [1.82, 2.24) is 10.9 Å². The van der Waals surface area contributed by atoms with E-state index in [4.69, 9.17) is 16.6 Å². The fourth-order valence-electron chi connectivity index (χ4n) is 1.99. The molecule has 0 unspecified atom stereocenters. The SMILES string of the molecule is O=C(NNC(=S)Nc1ccccc1F)c1cc2ccccc2o1. The number of furan rings is 1. The molecule has 23 heavy (non-hydrogen) atoms. The smallest absolute Gasteiger partial charge is 0.305 e. The van der Waals surface area contributed by atoms with E-state index >= 15 is 0 Å². The Morgan fingerprint density at radius 1 is 1.04 bits per heavy atom. The number of rotatable bonds is 2. The number of thiocarbonyl (C=S) groups is 1. The average molecular weight is 329 g/mol. The van der Waals surface area contributed by atoms with Crippen LogP contribution in [0.4, 0.5) is 10.1 Å². The Kier molecular flexibility index (Phi) is 4.20. The molecule has 0 bridgehead atoms. The second-order valence-electron chi connectivity index (χ2n) is 4.66. The van der Waals surface area contributed by atoms with Gasteiger partial charge >= 0.3 is 5.91 Å². The molecule has 3 rings (SSSR count). The van der Waals surface area contributed by atoms with Gasteiger partial charge in [0.25, 0.3) is 0 Å². The average Bonchev–Trinajstić information content (AvgIpc) is 2.99. The van der Waals surface area contributed by atoms with E-state index in [-0.39, 0.29) is 16.6 Å². The van der Waals surface area contributed by atoms with Gasteiger partial charge in [-0.25, -0.2) is 4.39 Å². The van der Waals surface area contributed by atoms with Gasteiger partial charge in [-0.1, -0.05) is 30.3 Å². The molecule has 3 N–H and O–H groups in total. The summed E-state index contributed by atoms with van der Waals surface area (Å²) < 4.78 is 18.9. The fraction of sp³-hybridized carbons (Fsp3) is 0. The lowest BCUT2D eigenvalue weighted by atomic mass is 10.2. The number of carbonyl (C=O) groups excluding carboxylic acids is 1. The predicted molar refractivity (Wildman–Crippen MR) is 89.4 cm³/mol. The van der Waals surface area contributed by atoms with Gasteiger partial charge in [0.05, 0.1) is 5.69 Å². The van der Waals surface area contributed by atoms with Crippen molar-refractivity contribution < 1.29 is 13.6 Å². The lowest BCUT2D eigenvalue weighted by molar-refractivity contribution is 0.0918. The predicted octanol–water partition coefficient (Wildman–Crippen LogP) is 3.20. The molecular weight excluding hydrogens is 317 g/mol. The minimum Gasteiger partial charge on any atom is -0.451 e. The number of fused-ring (bicyclic) bond motifs is 1. The molecule has 0 radical (unpaired) electrons. The standard InChI is InChI=1S/C16H12FN3O2S/c17-11-6-2-3-7-12(11)18-16(23)20-19-15(21)14-9-10-5-1-4-8-13(10)22-14/h1-9H,(H,19,21)(H2,18,20,23). The molecular formula is C16H12FN3O2S. The number of hydrazine groups is 1. The summed E-state index contributed by atoms with van der Waals surface area (Å²) in [6.45, 7) is 0. The van der Waals surface area contributed by atoms with E-state index < -0.39 is 11.7 Å². The fourth-order valence-corrected chi connectivity index (χ4v) is 2.15. The maximum Gasteiger partial charge on any atom is 0.305 e. The molecule has 1 aromatic heterocycles. The topological polar surface area (TPSA) is 66.3 Å². The third kappa shape index (κ3) is 3.46. The van der Waals surface area contributed by atoms with Gasteiger partial charge in [0.1, 0.15) is 11.4 Å². The number of halogens is 1. The van der Waals surface area contributed by atoms with Gasteiger partial charge in [0.2, 0.25) is 0 Å². The van der Waals surface area contributed by atoms with Crippen LogP contribution >= 0.6 is 12.2 Å². The van der Waals surface area contributed by atoms with Gasteiger partial charge in [-0.3, -0.25) is 15.6 Å². The molecule has 2 aromatic carbocycles. The number of hydrogen-bond acceptors (Lipinski definition) is 3. The zero-order valence-corrected chi connectivity index (χ0v) is 12.6. The Labute approximate surface area is 136 Å². The largest absolute Gasteiger partial charge is 0.451 e. The molecule has 7 heteroatoms. The summed E-state index contributed by atoms with van der Waals surface area (Å²) in [4.78, 5) is 12.0. The molecule has 1 heterocycles. The van der Waals surface area contributed by atoms with Crippen LogP contribution in [0.3, 0.4) is 0 Å². The van der Waals surface area contributed by atoms with Crippen LogP contribution in [0.25, 0.3) is 11.0 Å². The third-order valence-electron chi connectivity index (χ3n) is 3.06. The van der Waals surface area contributed by atoms with E-state index in [9.17, 15) is 9.18 Å². The van der Waals surface area contributed by atoms with E-state index in [2.05, 4.69) is 16.2 Å². The second kappa shape index (κ2) is 6.45. The zero-order chi connectivity index (χ0) is 16.2. The molecule has 0 saturated carbocycles. The van der Waals surface area contributed by atoms with Gasteiger partial charge in [-0.05, 0) is 36.5 Å². The maximum absolute atomic E-state index is 13.5. The summed E-state index contributed by atoms with van der Waals surface area (Å²) in [7, 11) is 0. The molecule has 0 spiro atoms. The monoisotopic (exact) mass is 329 g/mol. The van der Waals surface area contributed by atoms with Crippen molar-refractivity contribution in [1.29, 1.82) is 0 Å². The molecule has 1 amide bonds. The maximum atomic E-state index is 13.5. The Morgan fingerprint density at radius 3 is 2.57 bits per heavy atom. The van der Waals surface area contributed by atoms with Crippen molar-refractivity contribution >= 4 is 39.9 Å². The molecule has 5 nitrogen and oxygen atoms in total. The number of benzene rings is 2. The van der Waals surface area contributed by atoms with Crippen LogP contribution in [0.1, 0.15) is 10.6 Å². The number of amides is 1. The van der Waals surface area contributed by atoms with Crippen molar-refractivity contribution in [3.63, 3.8) is 0 Å². The first-order valence-corrected chi connectivity index (χ1v) is 7.15. The van der Waals surface area contributed by atoms with Crippen LogP contribution in [0.5, 0.6) is 0 Å². The number of nitrogens with one attached hydrogen (secondary N) is 3. The highest BCUT2D eigenvalue weighted by Gasteiger charge is 2.12. The normalized spacial score (nSPS) is 10.3. The lowest BCUT2D eigenvalue weighted by Gasteiger charge is -2.11. The van der Waals surface area contributed by atoms with Crippen molar-refractivity contribution in [2.75, 3.05) is 5.32 Å². The lowest BCUT2D eigenvalue weighted by Crippen LogP contribution is -2.43. The number of para-hydroxylation sites is 2. The number of anilines is 1. The molecule has 0 aliphatic rings. The van der Waals surface area contributed by atoms with Gasteiger partial charge in [0.15, 0.2) is 10.9 Å². The first-order chi connectivity index (χ1) is 11.1. The van der Waals surface area contributed by atoms with Crippen LogP contribution in [0.15, 0.2) is 59.0 Å². The van der Waals surface area contributed by atoms with Crippen molar-refractivity contribution in [2.45, 2.75) is 0 Å². The van der Waals surface area contributed by atoms with E-state index in [0.29, 0.717) is 5.58 Å². The number of carbonyl (C=O) groups is 1. The van der Waals surface area contributed by atoms with E-state index in [1.165, 1.54) is 12.1 Å². The summed E-state index contributed by atoms with van der Waals surface area (Å²) in [6.07, 6.45) is 0. The molecule has 0 fully saturated rings. The Morgan fingerprint density at radius 2 is 1.78 bits per heavy atom. The Balaban J connectivity index is 1.60. The second-order valence-corrected chi connectivity index (χ2v) is 5.07. The van der Waals surface area contributed by atoms with E-state index in [1.807, 2.05) is 18.2 Å². The summed E-state index contributed by atoms with van der Waals surface area (Å²) in [5.74, 6) is -0.786. The van der Waals surface area contributed by atoms with Gasteiger partial charge in [-0.2, -0.15) is 0 Å². The Hall–Kier alpha value is -2.93. The van der Waals surface area contributed by atoms with Gasteiger partial charge in [0, 0.05) is 5.39 Å². The molecule has 3 aromatic rings. The molecule has 0 saturated heterocycles. The third-order valence-corrected chi connectivity index (χ3v) is 3.27. The highest BCUT2D eigenvalue weighted by Crippen LogP contribution is 2.18. The van der Waals surface area contributed by atoms with Crippen LogP contribution in [0, 0.1) is 5.82 Å². The number of hydrogen-bond donors (Lipinski definition) is 3. The zero-order valence-electron chi connectivity index (χ0n) is 11.8. The first kappa shape index (κ1) is 15.0. The van der Waals surface area contributed by atoms with Crippen LogP contribution < -0.4 is 16.2 Å². The van der Waals surface area contributed by atoms with E-state index in [0.717, 1.165) is 5.39 Å². The quantitative estimate of drug-likeness (QED) is 0.498. The highest BCUT2D eigenvalue weighted by atomic mass is 32.1. The first-order valence-electron chi connectivity index (χ1n) is 6.74. The molecule has 0 atom stereocenters. The summed E-state index contributed by atoms with van der Waals surface area (Å²) in [6, 6.07) is 15.0. The van der Waals surface area contributed by atoms with Crippen LogP contribution in [0.2, 0.25) is 0 Å². The minimum atomic E-state index is -0.487. The van der Waals surface area contributed by atoms with Gasteiger partial charge < -0.3 is 9.73 Å². The summed E-state index contributed by atoms with van der Waals surface area (Å²) >= 11 is 4.99. The Bertz CT molecular complexity index is 845. The molecule has 116 valence electrons. The molecule has 0 aliphatic heterocycles. The minimum absolute atomic E-state index is 0.0551. The van der Waals surface area contributed by atoms with Crippen LogP contribution in [-0.2, 0) is 0 Å². The molecule has 0 aliphatic carbocycles. The van der Waals surface area contributed by atoms with Gasteiger partial charge in [-0.15, -0.1) is 0 Å².